The van der Waals surface area contributed by atoms with E-state index >= 15 is 0 Å². The molecule has 1 aromatic carbocycles. The van der Waals surface area contributed by atoms with Crippen LogP contribution in [0.5, 0.6) is 0 Å². The second-order valence-corrected chi connectivity index (χ2v) is 8.51. The molecule has 136 valence electrons. The first-order valence-corrected chi connectivity index (χ1v) is 9.45. The zero-order chi connectivity index (χ0) is 18.5. The van der Waals surface area contributed by atoms with Gasteiger partial charge in [0.1, 0.15) is 16.8 Å². The zero-order valence-corrected chi connectivity index (χ0v) is 15.3. The van der Waals surface area contributed by atoms with Gasteiger partial charge in [0.05, 0.1) is 11.6 Å². The maximum absolute atomic E-state index is 13.6. The summed E-state index contributed by atoms with van der Waals surface area (Å²) < 4.78 is 40.5. The maximum atomic E-state index is 13.6. The minimum atomic E-state index is -4.01. The summed E-state index contributed by atoms with van der Waals surface area (Å²) in [6.07, 6.45) is 0. The molecule has 0 aromatic heterocycles. The average molecular weight is 390 g/mol. The molecule has 10 heteroatoms. The van der Waals surface area contributed by atoms with Gasteiger partial charge in [0, 0.05) is 26.7 Å². The van der Waals surface area contributed by atoms with Crippen LogP contribution in [0.4, 0.5) is 4.39 Å². The number of hydrogen-bond acceptors (Lipinski definition) is 4. The van der Waals surface area contributed by atoms with Crippen LogP contribution in [0.15, 0.2) is 17.0 Å². The smallest absolute Gasteiger partial charge is 0.246 e. The number of aryl methyl sites for hydroxylation is 1. The molecular formula is C15H17ClFN3O4S. The monoisotopic (exact) mass is 389 g/mol. The number of fused-ring (bicyclic) bond motifs is 1. The number of piperazine rings is 2. The summed E-state index contributed by atoms with van der Waals surface area (Å²) in [4.78, 5) is 26.9. The van der Waals surface area contributed by atoms with Crippen molar-refractivity contribution in [3.05, 3.63) is 28.5 Å². The quantitative estimate of drug-likeness (QED) is 0.736. The van der Waals surface area contributed by atoms with Crippen LogP contribution in [0.2, 0.25) is 5.02 Å². The molecule has 2 saturated heterocycles. The number of likely N-dealkylation sites (N-methyl/N-ethyl adjacent to an activating group) is 1. The van der Waals surface area contributed by atoms with Gasteiger partial charge < -0.3 is 9.80 Å². The van der Waals surface area contributed by atoms with Gasteiger partial charge in [-0.05, 0) is 24.6 Å². The van der Waals surface area contributed by atoms with Gasteiger partial charge in [-0.2, -0.15) is 4.31 Å². The molecule has 25 heavy (non-hydrogen) atoms. The molecule has 0 saturated carbocycles. The highest BCUT2D eigenvalue weighted by molar-refractivity contribution is 7.89. The molecule has 1 aromatic rings. The van der Waals surface area contributed by atoms with Crippen LogP contribution in [-0.4, -0.2) is 73.6 Å². The van der Waals surface area contributed by atoms with E-state index in [1.165, 1.54) is 29.8 Å². The van der Waals surface area contributed by atoms with Crippen LogP contribution in [0, 0.1) is 12.7 Å². The number of hydrogen-bond donors (Lipinski definition) is 0. The van der Waals surface area contributed by atoms with E-state index in [2.05, 4.69) is 0 Å². The minimum absolute atomic E-state index is 0.00886. The van der Waals surface area contributed by atoms with E-state index in [4.69, 9.17) is 11.6 Å². The molecule has 0 aliphatic carbocycles. The third kappa shape index (κ3) is 3.00. The standard InChI is InChI=1S/C15H17ClFN3O4S/c1-9-5-13(10(16)6-11(9)17)25(23,24)19-3-4-20-12(7-19)15(22)18(2)8-14(20)21/h5-6,12H,3-4,7-8H2,1-2H3. The molecular weight excluding hydrogens is 373 g/mol. The summed E-state index contributed by atoms with van der Waals surface area (Å²) in [5.74, 6) is -1.11. The van der Waals surface area contributed by atoms with E-state index in [1.54, 1.807) is 0 Å². The first kappa shape index (κ1) is 18.1. The Bertz CT molecular complexity index is 861. The Hall–Kier alpha value is -1.71. The van der Waals surface area contributed by atoms with Crippen molar-refractivity contribution < 1.29 is 22.4 Å². The maximum Gasteiger partial charge on any atom is 0.246 e. The van der Waals surface area contributed by atoms with E-state index < -0.39 is 21.9 Å². The van der Waals surface area contributed by atoms with Crippen molar-refractivity contribution in [1.82, 2.24) is 14.1 Å². The summed E-state index contributed by atoms with van der Waals surface area (Å²) in [5.41, 5.74) is 0.158. The fourth-order valence-electron chi connectivity index (χ4n) is 3.08. The highest BCUT2D eigenvalue weighted by Gasteiger charge is 2.44. The van der Waals surface area contributed by atoms with Gasteiger partial charge in [-0.1, -0.05) is 11.6 Å². The second-order valence-electron chi connectivity index (χ2n) is 6.19. The summed E-state index contributed by atoms with van der Waals surface area (Å²) in [5, 5.41) is -0.214. The molecule has 7 nitrogen and oxygen atoms in total. The lowest BCUT2D eigenvalue weighted by Crippen LogP contribution is -2.66. The molecule has 0 radical (unpaired) electrons. The van der Waals surface area contributed by atoms with Gasteiger partial charge in [0.2, 0.25) is 21.8 Å². The molecule has 3 rings (SSSR count). The van der Waals surface area contributed by atoms with Crippen LogP contribution in [0.25, 0.3) is 0 Å². The lowest BCUT2D eigenvalue weighted by Gasteiger charge is -2.44. The predicted molar refractivity (Wildman–Crippen MR) is 88.0 cm³/mol. The molecule has 2 fully saturated rings. The molecule has 2 aliphatic rings. The van der Waals surface area contributed by atoms with Crippen LogP contribution in [0.3, 0.4) is 0 Å². The lowest BCUT2D eigenvalue weighted by molar-refractivity contribution is -0.156. The molecule has 2 heterocycles. The van der Waals surface area contributed by atoms with Crippen molar-refractivity contribution >= 4 is 33.4 Å². The first-order valence-electron chi connectivity index (χ1n) is 7.63. The molecule has 0 spiro atoms. The van der Waals surface area contributed by atoms with Crippen molar-refractivity contribution in [2.75, 3.05) is 33.2 Å². The largest absolute Gasteiger partial charge is 0.335 e. The second kappa shape index (κ2) is 6.22. The summed E-state index contributed by atoms with van der Waals surface area (Å²) >= 11 is 5.93. The number of benzene rings is 1. The third-order valence-electron chi connectivity index (χ3n) is 4.53. The third-order valence-corrected chi connectivity index (χ3v) is 6.86. The van der Waals surface area contributed by atoms with Crippen molar-refractivity contribution in [2.45, 2.75) is 17.9 Å². The highest BCUT2D eigenvalue weighted by Crippen LogP contribution is 2.29. The van der Waals surface area contributed by atoms with Crippen LogP contribution in [-0.2, 0) is 19.6 Å². The molecule has 1 unspecified atom stereocenters. The first-order chi connectivity index (χ1) is 11.6. The topological polar surface area (TPSA) is 78.0 Å². The Morgan fingerprint density at radius 3 is 2.60 bits per heavy atom. The summed E-state index contributed by atoms with van der Waals surface area (Å²) in [6.45, 7) is 1.46. The number of sulfonamides is 1. The molecule has 0 N–H and O–H groups in total. The van der Waals surface area contributed by atoms with E-state index in [9.17, 15) is 22.4 Å². The highest BCUT2D eigenvalue weighted by atomic mass is 35.5. The van der Waals surface area contributed by atoms with Gasteiger partial charge in [-0.15, -0.1) is 0 Å². The van der Waals surface area contributed by atoms with Gasteiger partial charge in [0.25, 0.3) is 0 Å². The molecule has 0 bridgehead atoms. The Kier molecular flexibility index (Phi) is 4.50. The number of rotatable bonds is 2. The van der Waals surface area contributed by atoms with Gasteiger partial charge >= 0.3 is 0 Å². The SMILES string of the molecule is Cc1cc(S(=O)(=O)N2CCN3C(=O)CN(C)C(=O)C3C2)c(Cl)cc1F. The normalized spacial score (nSPS) is 22.3. The Balaban J connectivity index is 1.93. The van der Waals surface area contributed by atoms with Gasteiger partial charge in [-0.3, -0.25) is 9.59 Å². The van der Waals surface area contributed by atoms with Crippen LogP contribution < -0.4 is 0 Å². The molecule has 2 amide bonds. The Labute approximate surface area is 150 Å². The van der Waals surface area contributed by atoms with E-state index in [1.807, 2.05) is 0 Å². The predicted octanol–water partition coefficient (Wildman–Crippen LogP) is 0.461. The van der Waals surface area contributed by atoms with E-state index in [-0.39, 0.29) is 53.5 Å². The van der Waals surface area contributed by atoms with E-state index in [0.717, 1.165) is 10.4 Å². The van der Waals surface area contributed by atoms with Crippen LogP contribution in [0.1, 0.15) is 5.56 Å². The Morgan fingerprint density at radius 2 is 1.92 bits per heavy atom. The molecule has 2 aliphatic heterocycles. The van der Waals surface area contributed by atoms with E-state index in [0.29, 0.717) is 0 Å². The minimum Gasteiger partial charge on any atom is -0.335 e. The number of nitrogens with zero attached hydrogens (tertiary/aromatic N) is 3. The number of amides is 2. The summed E-state index contributed by atoms with van der Waals surface area (Å²) in [6, 6.07) is 1.29. The fraction of sp³-hybridized carbons (Fsp3) is 0.467. The summed E-state index contributed by atoms with van der Waals surface area (Å²) in [7, 11) is -2.51. The fourth-order valence-corrected chi connectivity index (χ4v) is 5.09. The van der Waals surface area contributed by atoms with Crippen molar-refractivity contribution in [1.29, 1.82) is 0 Å². The average Bonchev–Trinajstić information content (AvgIpc) is 2.55. The van der Waals surface area contributed by atoms with Gasteiger partial charge in [0.15, 0.2) is 0 Å². The number of halogens is 2. The van der Waals surface area contributed by atoms with Crippen molar-refractivity contribution in [3.8, 4) is 0 Å². The lowest BCUT2D eigenvalue weighted by atomic mass is 10.1. The van der Waals surface area contributed by atoms with Crippen molar-refractivity contribution in [3.63, 3.8) is 0 Å². The van der Waals surface area contributed by atoms with Crippen LogP contribution >= 0.6 is 11.6 Å². The number of carbonyl (C=O) groups is 2. The van der Waals surface area contributed by atoms with Crippen molar-refractivity contribution in [2.24, 2.45) is 0 Å². The number of carbonyl (C=O) groups excluding carboxylic acids is 2. The van der Waals surface area contributed by atoms with Gasteiger partial charge in [-0.25, -0.2) is 12.8 Å². The Morgan fingerprint density at radius 1 is 1.24 bits per heavy atom. The molecule has 1 atom stereocenters. The zero-order valence-electron chi connectivity index (χ0n) is 13.7.